The van der Waals surface area contributed by atoms with Gasteiger partial charge in [-0.15, -0.1) is 0 Å². The van der Waals surface area contributed by atoms with Gasteiger partial charge in [0, 0.05) is 31.2 Å². The van der Waals surface area contributed by atoms with Crippen LogP contribution in [0.15, 0.2) is 54.6 Å². The smallest absolute Gasteiger partial charge is 0.255 e. The Morgan fingerprint density at radius 1 is 1.00 bits per heavy atom. The van der Waals surface area contributed by atoms with E-state index >= 15 is 0 Å². The first-order valence-electron chi connectivity index (χ1n) is 10.5. The largest absolute Gasteiger partial charge is 0.340 e. The van der Waals surface area contributed by atoms with E-state index in [0.717, 1.165) is 0 Å². The Morgan fingerprint density at radius 3 is 2.26 bits per heavy atom. The first-order chi connectivity index (χ1) is 14.8. The van der Waals surface area contributed by atoms with Crippen LogP contribution in [0.3, 0.4) is 0 Å². The highest BCUT2D eigenvalue weighted by Crippen LogP contribution is 2.21. The highest BCUT2D eigenvalue weighted by Gasteiger charge is 2.35. The van der Waals surface area contributed by atoms with Gasteiger partial charge in [0.05, 0.1) is 10.6 Å². The number of nitrogens with one attached hydrogen (secondary N) is 1. The van der Waals surface area contributed by atoms with E-state index in [2.05, 4.69) is 5.32 Å². The number of hydrogen-bond acceptors (Lipinski definition) is 3. The van der Waals surface area contributed by atoms with Gasteiger partial charge in [0.25, 0.3) is 11.8 Å². The average Bonchev–Trinajstić information content (AvgIpc) is 2.77. The van der Waals surface area contributed by atoms with E-state index < -0.39 is 6.04 Å². The molecule has 1 saturated heterocycles. The van der Waals surface area contributed by atoms with E-state index in [1.54, 1.807) is 58.3 Å². The molecular formula is C24H28ClN3O3. The van der Waals surface area contributed by atoms with Gasteiger partial charge in [0.1, 0.15) is 6.04 Å². The number of carbonyl (C=O) groups excluding carboxylic acids is 3. The summed E-state index contributed by atoms with van der Waals surface area (Å²) in [5.74, 6) is -0.606. The molecule has 1 fully saturated rings. The molecule has 3 amide bonds. The normalized spacial score (nSPS) is 17.4. The van der Waals surface area contributed by atoms with E-state index in [-0.39, 0.29) is 29.7 Å². The lowest BCUT2D eigenvalue weighted by Gasteiger charge is -2.41. The van der Waals surface area contributed by atoms with Gasteiger partial charge >= 0.3 is 0 Å². The summed E-state index contributed by atoms with van der Waals surface area (Å²) in [5.41, 5.74) is 0.982. The maximum absolute atomic E-state index is 13.2. The fourth-order valence-electron chi connectivity index (χ4n) is 3.77. The van der Waals surface area contributed by atoms with Crippen LogP contribution in [0.25, 0.3) is 0 Å². The van der Waals surface area contributed by atoms with Crippen LogP contribution in [-0.4, -0.2) is 59.2 Å². The highest BCUT2D eigenvalue weighted by atomic mass is 35.5. The molecule has 0 saturated carbocycles. The van der Waals surface area contributed by atoms with Crippen LogP contribution in [-0.2, 0) is 4.79 Å². The first-order valence-corrected chi connectivity index (χ1v) is 10.9. The summed E-state index contributed by atoms with van der Waals surface area (Å²) in [4.78, 5) is 42.2. The number of rotatable bonds is 5. The number of amides is 3. The number of piperazine rings is 1. The molecule has 0 aromatic heterocycles. The van der Waals surface area contributed by atoms with Crippen molar-refractivity contribution in [2.45, 2.75) is 32.9 Å². The van der Waals surface area contributed by atoms with Crippen molar-refractivity contribution in [3.63, 3.8) is 0 Å². The predicted molar refractivity (Wildman–Crippen MR) is 121 cm³/mol. The van der Waals surface area contributed by atoms with E-state index in [0.29, 0.717) is 35.8 Å². The minimum atomic E-state index is -0.634. The summed E-state index contributed by atoms with van der Waals surface area (Å²) in [6, 6.07) is 15.0. The first kappa shape index (κ1) is 22.8. The molecule has 0 spiro atoms. The maximum atomic E-state index is 13.2. The van der Waals surface area contributed by atoms with Crippen molar-refractivity contribution in [2.24, 2.45) is 5.92 Å². The summed E-state index contributed by atoms with van der Waals surface area (Å²) >= 11 is 6.19. The summed E-state index contributed by atoms with van der Waals surface area (Å²) < 4.78 is 0. The van der Waals surface area contributed by atoms with Gasteiger partial charge in [0.15, 0.2) is 0 Å². The molecule has 2 unspecified atom stereocenters. The van der Waals surface area contributed by atoms with Crippen molar-refractivity contribution in [1.29, 1.82) is 0 Å². The Labute approximate surface area is 188 Å². The zero-order chi connectivity index (χ0) is 22.5. The molecule has 6 nitrogen and oxygen atoms in total. The van der Waals surface area contributed by atoms with Crippen molar-refractivity contribution >= 4 is 29.3 Å². The molecule has 2 aromatic carbocycles. The summed E-state index contributed by atoms with van der Waals surface area (Å²) in [5, 5.41) is 3.30. The number of halogens is 1. The quantitative estimate of drug-likeness (QED) is 0.772. The molecule has 1 aliphatic heterocycles. The van der Waals surface area contributed by atoms with Crippen molar-refractivity contribution in [1.82, 2.24) is 15.1 Å². The molecule has 1 N–H and O–H groups in total. The molecule has 1 aliphatic rings. The van der Waals surface area contributed by atoms with Crippen LogP contribution in [0.4, 0.5) is 0 Å². The highest BCUT2D eigenvalue weighted by molar-refractivity contribution is 6.33. The van der Waals surface area contributed by atoms with Gasteiger partial charge in [-0.1, -0.05) is 55.8 Å². The van der Waals surface area contributed by atoms with Crippen LogP contribution in [0.1, 0.15) is 41.5 Å². The topological polar surface area (TPSA) is 69.7 Å². The Morgan fingerprint density at radius 2 is 1.65 bits per heavy atom. The summed E-state index contributed by atoms with van der Waals surface area (Å²) in [6.45, 7) is 6.96. The number of carbonyl (C=O) groups is 3. The van der Waals surface area contributed by atoms with E-state index in [9.17, 15) is 14.4 Å². The Balaban J connectivity index is 1.67. The molecule has 0 aliphatic carbocycles. The molecular weight excluding hydrogens is 414 g/mol. The van der Waals surface area contributed by atoms with Crippen LogP contribution in [0.2, 0.25) is 5.02 Å². The lowest BCUT2D eigenvalue weighted by Crippen LogP contribution is -2.59. The summed E-state index contributed by atoms with van der Waals surface area (Å²) in [7, 11) is 0. The van der Waals surface area contributed by atoms with Crippen LogP contribution in [0, 0.1) is 5.92 Å². The lowest BCUT2D eigenvalue weighted by molar-refractivity contribution is -0.136. The second-order valence-corrected chi connectivity index (χ2v) is 8.58. The minimum absolute atomic E-state index is 0.0711. The van der Waals surface area contributed by atoms with Gasteiger partial charge < -0.3 is 15.1 Å². The van der Waals surface area contributed by atoms with Crippen molar-refractivity contribution < 1.29 is 14.4 Å². The lowest BCUT2D eigenvalue weighted by atomic mass is 10.0. The molecule has 1 heterocycles. The third kappa shape index (κ3) is 5.25. The third-order valence-electron chi connectivity index (χ3n) is 5.56. The Bertz CT molecular complexity index is 948. The predicted octanol–water partition coefficient (Wildman–Crippen LogP) is 3.47. The van der Waals surface area contributed by atoms with Crippen molar-refractivity contribution in [3.05, 3.63) is 70.7 Å². The molecule has 0 bridgehead atoms. The zero-order valence-electron chi connectivity index (χ0n) is 18.0. The average molecular weight is 442 g/mol. The zero-order valence-corrected chi connectivity index (χ0v) is 18.8. The molecule has 3 rings (SSSR count). The Kier molecular flexibility index (Phi) is 7.33. The van der Waals surface area contributed by atoms with Gasteiger partial charge in [0.2, 0.25) is 5.91 Å². The van der Waals surface area contributed by atoms with Crippen LogP contribution >= 0.6 is 11.6 Å². The maximum Gasteiger partial charge on any atom is 0.255 e. The van der Waals surface area contributed by atoms with Gasteiger partial charge in [-0.25, -0.2) is 0 Å². The molecule has 2 aromatic rings. The van der Waals surface area contributed by atoms with Gasteiger partial charge in [-0.2, -0.15) is 0 Å². The molecule has 31 heavy (non-hydrogen) atoms. The van der Waals surface area contributed by atoms with Gasteiger partial charge in [-0.3, -0.25) is 14.4 Å². The fourth-order valence-corrected chi connectivity index (χ4v) is 3.99. The van der Waals surface area contributed by atoms with E-state index in [1.165, 1.54) is 0 Å². The monoisotopic (exact) mass is 441 g/mol. The standard InChI is InChI=1S/C24H28ClN3O3/c1-16(2)21(26-22(29)18-9-5-4-6-10-18)24(31)27-13-14-28(17(3)15-27)23(30)19-11-7-8-12-20(19)25/h4-12,16-17,21H,13-15H2,1-3H3,(H,26,29). The van der Waals surface area contributed by atoms with Crippen molar-refractivity contribution in [3.8, 4) is 0 Å². The molecule has 164 valence electrons. The van der Waals surface area contributed by atoms with Gasteiger partial charge in [-0.05, 0) is 37.1 Å². The number of nitrogens with zero attached hydrogens (tertiary/aromatic N) is 2. The Hall–Kier alpha value is -2.86. The van der Waals surface area contributed by atoms with E-state index in [1.807, 2.05) is 26.8 Å². The molecule has 2 atom stereocenters. The number of benzene rings is 2. The number of hydrogen-bond donors (Lipinski definition) is 1. The second kappa shape index (κ2) is 9.96. The summed E-state index contributed by atoms with van der Waals surface area (Å²) in [6.07, 6.45) is 0. The molecule has 7 heteroatoms. The van der Waals surface area contributed by atoms with Crippen LogP contribution < -0.4 is 5.32 Å². The minimum Gasteiger partial charge on any atom is -0.340 e. The SMILES string of the molecule is CC(C)C(NC(=O)c1ccccc1)C(=O)N1CCN(C(=O)c2ccccc2Cl)C(C)C1. The molecule has 0 radical (unpaired) electrons. The van der Waals surface area contributed by atoms with Crippen molar-refractivity contribution in [2.75, 3.05) is 19.6 Å². The van der Waals surface area contributed by atoms with E-state index in [4.69, 9.17) is 11.6 Å². The third-order valence-corrected chi connectivity index (χ3v) is 5.89. The fraction of sp³-hybridized carbons (Fsp3) is 0.375. The second-order valence-electron chi connectivity index (χ2n) is 8.17. The van der Waals surface area contributed by atoms with Crippen LogP contribution in [0.5, 0.6) is 0 Å².